The van der Waals surface area contributed by atoms with E-state index in [4.69, 9.17) is 9.29 Å². The van der Waals surface area contributed by atoms with Crippen LogP contribution in [0.3, 0.4) is 0 Å². The number of methoxy groups -OCH3 is 2. The Morgan fingerprint density at radius 1 is 1.37 bits per heavy atom. The molecule has 0 aliphatic rings. The average molecular weight is 363 g/mol. The summed E-state index contributed by atoms with van der Waals surface area (Å²) in [6.45, 7) is 0. The quantitative estimate of drug-likeness (QED) is 0.487. The van der Waals surface area contributed by atoms with Crippen molar-refractivity contribution in [2.45, 2.75) is 5.75 Å². The number of ether oxygens (including phenoxy) is 2. The first-order chi connectivity index (χ1) is 8.30. The number of benzene rings is 1. The Labute approximate surface area is 141 Å². The van der Waals surface area contributed by atoms with Crippen LogP contribution in [0.25, 0.3) is 0 Å². The van der Waals surface area contributed by atoms with Crippen molar-refractivity contribution >= 4 is 61.6 Å². The van der Waals surface area contributed by atoms with Gasteiger partial charge in [0.05, 0.1) is 18.7 Å². The Hall–Kier alpha value is -0.120. The summed E-state index contributed by atoms with van der Waals surface area (Å²) in [7, 11) is -1.75. The van der Waals surface area contributed by atoms with Crippen LogP contribution in [-0.4, -0.2) is 62.7 Å². The van der Waals surface area contributed by atoms with Crippen LogP contribution in [0.4, 0.5) is 0 Å². The monoisotopic (exact) mass is 362 g/mol. The van der Waals surface area contributed by atoms with Crippen LogP contribution >= 0.6 is 15.9 Å². The molecular weight excluding hydrogens is 351 g/mol. The molecule has 0 aliphatic heterocycles. The molecule has 1 rings (SSSR count). The normalized spacial score (nSPS) is 10.5. The number of hydrogen-bond donors (Lipinski definition) is 1. The fraction of sp³-hybridized carbons (Fsp3) is 0.300. The first-order valence-electron chi connectivity index (χ1n) is 4.69. The second-order valence-corrected chi connectivity index (χ2v) is 5.64. The zero-order valence-electron chi connectivity index (χ0n) is 9.64. The SMILES string of the molecule is COC(=O)c1c(CS(=O)(=O)O)ccc(Br)c1OC.[NaH]. The molecule has 0 aromatic heterocycles. The van der Waals surface area contributed by atoms with Gasteiger partial charge in [0, 0.05) is 0 Å². The maximum atomic E-state index is 11.7. The van der Waals surface area contributed by atoms with Gasteiger partial charge >= 0.3 is 35.5 Å². The van der Waals surface area contributed by atoms with Crippen LogP contribution in [0.15, 0.2) is 16.6 Å². The van der Waals surface area contributed by atoms with Crippen molar-refractivity contribution in [3.8, 4) is 5.75 Å². The predicted molar refractivity (Wildman–Crippen MR) is 74.4 cm³/mol. The number of hydrogen-bond acceptors (Lipinski definition) is 5. The van der Waals surface area contributed by atoms with Gasteiger partial charge in [-0.1, -0.05) is 6.07 Å². The van der Waals surface area contributed by atoms with Crippen LogP contribution in [0, 0.1) is 0 Å². The van der Waals surface area contributed by atoms with E-state index in [-0.39, 0.29) is 46.4 Å². The topological polar surface area (TPSA) is 89.9 Å². The van der Waals surface area contributed by atoms with Gasteiger partial charge in [-0.3, -0.25) is 4.55 Å². The fourth-order valence-electron chi connectivity index (χ4n) is 1.44. The van der Waals surface area contributed by atoms with E-state index in [9.17, 15) is 13.2 Å². The second kappa shape index (κ2) is 7.61. The maximum absolute atomic E-state index is 11.7. The fourth-order valence-corrected chi connectivity index (χ4v) is 2.57. The van der Waals surface area contributed by atoms with Gasteiger partial charge < -0.3 is 9.47 Å². The van der Waals surface area contributed by atoms with E-state index in [1.807, 2.05) is 0 Å². The van der Waals surface area contributed by atoms with Crippen molar-refractivity contribution in [1.82, 2.24) is 0 Å². The summed E-state index contributed by atoms with van der Waals surface area (Å²) in [5.74, 6) is -1.28. The van der Waals surface area contributed by atoms with Gasteiger partial charge in [-0.2, -0.15) is 8.42 Å². The Bertz CT molecular complexity index is 572. The van der Waals surface area contributed by atoms with Crippen LogP contribution in [-0.2, 0) is 20.6 Å². The standard InChI is InChI=1S/C10H11BrO6S.Na.H/c1-16-9-7(11)4-3-6(5-18(13,14)15)8(9)10(12)17-2;;/h3-4H,5H2,1-2H3,(H,13,14,15);;. The van der Waals surface area contributed by atoms with Gasteiger partial charge in [0.15, 0.2) is 0 Å². The summed E-state index contributed by atoms with van der Waals surface area (Å²) < 4.78 is 40.7. The van der Waals surface area contributed by atoms with Gasteiger partial charge in [0.2, 0.25) is 0 Å². The number of carbonyl (C=O) groups excluding carboxylic acids is 1. The van der Waals surface area contributed by atoms with Gasteiger partial charge in [0.1, 0.15) is 17.1 Å². The summed E-state index contributed by atoms with van der Waals surface area (Å²) in [6, 6.07) is 2.92. The molecule has 6 nitrogen and oxygen atoms in total. The van der Waals surface area contributed by atoms with Crippen molar-refractivity contribution < 1.29 is 27.2 Å². The summed E-state index contributed by atoms with van der Waals surface area (Å²) in [5, 5.41) is 0. The third-order valence-corrected chi connectivity index (χ3v) is 3.43. The van der Waals surface area contributed by atoms with E-state index in [0.29, 0.717) is 4.47 Å². The molecule has 9 heteroatoms. The Balaban J connectivity index is 0.00000324. The van der Waals surface area contributed by atoms with E-state index >= 15 is 0 Å². The van der Waals surface area contributed by atoms with Crippen LogP contribution in [0.5, 0.6) is 5.75 Å². The second-order valence-electron chi connectivity index (χ2n) is 3.33. The van der Waals surface area contributed by atoms with Crippen LogP contribution in [0.1, 0.15) is 15.9 Å². The van der Waals surface area contributed by atoms with Crippen molar-refractivity contribution in [1.29, 1.82) is 0 Å². The Kier molecular flexibility index (Phi) is 7.56. The van der Waals surface area contributed by atoms with Gasteiger partial charge in [0.25, 0.3) is 10.1 Å². The molecule has 0 spiro atoms. The molecule has 0 atom stereocenters. The molecule has 0 amide bonds. The third-order valence-electron chi connectivity index (χ3n) is 2.13. The zero-order chi connectivity index (χ0) is 13.9. The van der Waals surface area contributed by atoms with Crippen LogP contribution in [0.2, 0.25) is 0 Å². The van der Waals surface area contributed by atoms with Crippen LogP contribution < -0.4 is 4.74 Å². The molecule has 1 N–H and O–H groups in total. The number of rotatable bonds is 4. The zero-order valence-corrected chi connectivity index (χ0v) is 12.0. The number of halogens is 1. The summed E-state index contributed by atoms with van der Waals surface area (Å²) in [6.07, 6.45) is 0. The Morgan fingerprint density at radius 3 is 2.37 bits per heavy atom. The minimum absolute atomic E-state index is 0. The van der Waals surface area contributed by atoms with E-state index in [1.54, 1.807) is 0 Å². The number of esters is 1. The Morgan fingerprint density at radius 2 is 1.95 bits per heavy atom. The molecule has 0 fully saturated rings. The first-order valence-corrected chi connectivity index (χ1v) is 7.09. The molecule has 0 saturated carbocycles. The molecule has 1 aromatic carbocycles. The van der Waals surface area contributed by atoms with Crippen molar-refractivity contribution in [2.75, 3.05) is 14.2 Å². The molecule has 0 heterocycles. The first kappa shape index (κ1) is 18.9. The molecule has 0 bridgehead atoms. The van der Waals surface area contributed by atoms with E-state index < -0.39 is 21.8 Å². The van der Waals surface area contributed by atoms with Crippen molar-refractivity contribution in [3.63, 3.8) is 0 Å². The van der Waals surface area contributed by atoms with Gasteiger partial charge in [-0.15, -0.1) is 0 Å². The molecule has 0 unspecified atom stereocenters. The molecule has 1 aromatic rings. The summed E-state index contributed by atoms with van der Waals surface area (Å²) >= 11 is 3.17. The van der Waals surface area contributed by atoms with Crippen molar-refractivity contribution in [3.05, 3.63) is 27.7 Å². The van der Waals surface area contributed by atoms with E-state index in [1.165, 1.54) is 26.4 Å². The van der Waals surface area contributed by atoms with E-state index in [0.717, 1.165) is 0 Å². The average Bonchev–Trinajstić information content (AvgIpc) is 2.28. The molecule has 19 heavy (non-hydrogen) atoms. The molecule has 0 aliphatic carbocycles. The predicted octanol–water partition coefficient (Wildman–Crippen LogP) is 0.984. The summed E-state index contributed by atoms with van der Waals surface area (Å²) in [5.41, 5.74) is 0.0661. The number of carbonyl (C=O) groups is 1. The molecule has 0 saturated heterocycles. The third kappa shape index (κ3) is 5.05. The molecule has 102 valence electrons. The summed E-state index contributed by atoms with van der Waals surface area (Å²) in [4.78, 5) is 11.7. The minimum atomic E-state index is -4.26. The van der Waals surface area contributed by atoms with Crippen molar-refractivity contribution in [2.24, 2.45) is 0 Å². The van der Waals surface area contributed by atoms with Gasteiger partial charge in [-0.05, 0) is 27.6 Å². The van der Waals surface area contributed by atoms with E-state index in [2.05, 4.69) is 20.7 Å². The molecular formula is C10H12BrNaO6S. The van der Waals surface area contributed by atoms with Gasteiger partial charge in [-0.25, -0.2) is 4.79 Å². The molecule has 0 radical (unpaired) electrons.